The van der Waals surface area contributed by atoms with Gasteiger partial charge >= 0.3 is 5.97 Å². The highest BCUT2D eigenvalue weighted by molar-refractivity contribution is 9.10. The number of aromatic nitrogens is 1. The van der Waals surface area contributed by atoms with E-state index in [9.17, 15) is 9.90 Å². The molecule has 24 heavy (non-hydrogen) atoms. The Hall–Kier alpha value is -2.18. The van der Waals surface area contributed by atoms with Crippen LogP contribution < -0.4 is 4.74 Å². The SMILES string of the molecule is COc1ccc(/C=C(\CC(=O)O)c2nc3ccccc3s2)cc1Br. The van der Waals surface area contributed by atoms with Gasteiger partial charge in [-0.1, -0.05) is 18.2 Å². The number of methoxy groups -OCH3 is 1. The molecule has 0 radical (unpaired) electrons. The van der Waals surface area contributed by atoms with Crippen LogP contribution in [0.3, 0.4) is 0 Å². The van der Waals surface area contributed by atoms with Gasteiger partial charge in [-0.2, -0.15) is 0 Å². The van der Waals surface area contributed by atoms with E-state index >= 15 is 0 Å². The van der Waals surface area contributed by atoms with Gasteiger partial charge in [0.1, 0.15) is 10.8 Å². The van der Waals surface area contributed by atoms with Crippen molar-refractivity contribution in [1.29, 1.82) is 0 Å². The molecule has 1 heterocycles. The van der Waals surface area contributed by atoms with E-state index in [-0.39, 0.29) is 6.42 Å². The number of ether oxygens (including phenoxy) is 1. The fourth-order valence-corrected chi connectivity index (χ4v) is 3.87. The standard InChI is InChI=1S/C18H14BrNO3S/c1-23-15-7-6-11(9-13(15)19)8-12(10-17(21)22)18-20-14-4-2-3-5-16(14)24-18/h2-9H,10H2,1H3,(H,21,22)/b12-8+. The van der Waals surface area contributed by atoms with Crippen molar-refractivity contribution in [3.63, 3.8) is 0 Å². The number of para-hydroxylation sites is 1. The van der Waals surface area contributed by atoms with E-state index < -0.39 is 5.97 Å². The van der Waals surface area contributed by atoms with Gasteiger partial charge in [0, 0.05) is 0 Å². The normalized spacial score (nSPS) is 11.7. The summed E-state index contributed by atoms with van der Waals surface area (Å²) in [4.78, 5) is 15.8. The number of benzene rings is 2. The summed E-state index contributed by atoms with van der Waals surface area (Å²) in [5.41, 5.74) is 2.45. The number of nitrogens with zero attached hydrogens (tertiary/aromatic N) is 1. The Bertz CT molecular complexity index is 900. The van der Waals surface area contributed by atoms with E-state index in [0.29, 0.717) is 5.57 Å². The fraction of sp³-hybridized carbons (Fsp3) is 0.111. The molecule has 0 atom stereocenters. The smallest absolute Gasteiger partial charge is 0.307 e. The Morgan fingerprint density at radius 3 is 2.79 bits per heavy atom. The van der Waals surface area contributed by atoms with Gasteiger partial charge < -0.3 is 9.84 Å². The zero-order valence-electron chi connectivity index (χ0n) is 12.8. The van der Waals surface area contributed by atoms with Crippen molar-refractivity contribution in [3.05, 3.63) is 57.5 Å². The highest BCUT2D eigenvalue weighted by Gasteiger charge is 2.13. The lowest BCUT2D eigenvalue weighted by Crippen LogP contribution is -1.97. The lowest BCUT2D eigenvalue weighted by atomic mass is 10.1. The minimum absolute atomic E-state index is 0.0799. The third kappa shape index (κ3) is 3.66. The molecule has 6 heteroatoms. The molecular weight excluding hydrogens is 390 g/mol. The molecule has 0 saturated carbocycles. The molecule has 1 aromatic heterocycles. The molecule has 0 aliphatic heterocycles. The van der Waals surface area contributed by atoms with Gasteiger partial charge in [0.05, 0.1) is 28.2 Å². The van der Waals surface area contributed by atoms with E-state index in [1.807, 2.05) is 48.5 Å². The lowest BCUT2D eigenvalue weighted by molar-refractivity contribution is -0.135. The van der Waals surface area contributed by atoms with E-state index in [0.717, 1.165) is 31.0 Å². The predicted molar refractivity (Wildman–Crippen MR) is 100 cm³/mol. The Morgan fingerprint density at radius 1 is 1.33 bits per heavy atom. The van der Waals surface area contributed by atoms with Crippen LogP contribution in [0.5, 0.6) is 5.75 Å². The number of carboxylic acids is 1. The molecule has 122 valence electrons. The molecule has 0 unspecified atom stereocenters. The minimum Gasteiger partial charge on any atom is -0.496 e. The van der Waals surface area contributed by atoms with Gasteiger partial charge in [-0.25, -0.2) is 4.98 Å². The number of aliphatic carboxylic acids is 1. The number of hydrogen-bond acceptors (Lipinski definition) is 4. The maximum absolute atomic E-state index is 11.3. The molecule has 1 N–H and O–H groups in total. The number of thiazole rings is 1. The van der Waals surface area contributed by atoms with Crippen molar-refractivity contribution < 1.29 is 14.6 Å². The maximum atomic E-state index is 11.3. The second-order valence-corrected chi connectivity index (χ2v) is 7.01. The summed E-state index contributed by atoms with van der Waals surface area (Å²) in [7, 11) is 1.60. The van der Waals surface area contributed by atoms with E-state index in [4.69, 9.17) is 4.74 Å². The summed E-state index contributed by atoms with van der Waals surface area (Å²) in [5, 5.41) is 9.97. The Kier molecular flexibility index (Phi) is 4.97. The average molecular weight is 404 g/mol. The molecule has 0 aliphatic rings. The van der Waals surface area contributed by atoms with Gasteiger partial charge in [-0.3, -0.25) is 4.79 Å². The predicted octanol–water partition coefficient (Wildman–Crippen LogP) is 5.08. The number of halogens is 1. The number of carbonyl (C=O) groups is 1. The molecule has 0 bridgehead atoms. The molecule has 0 amide bonds. The Balaban J connectivity index is 2.05. The molecule has 4 nitrogen and oxygen atoms in total. The van der Waals surface area contributed by atoms with E-state index in [1.54, 1.807) is 7.11 Å². The van der Waals surface area contributed by atoms with Crippen molar-refractivity contribution in [2.45, 2.75) is 6.42 Å². The number of carboxylic acid groups (broad SMARTS) is 1. The first-order valence-corrected chi connectivity index (χ1v) is 8.79. The average Bonchev–Trinajstić information content (AvgIpc) is 2.98. The quantitative estimate of drug-likeness (QED) is 0.644. The highest BCUT2D eigenvalue weighted by atomic mass is 79.9. The molecule has 3 rings (SSSR count). The molecule has 3 aromatic rings. The molecule has 0 spiro atoms. The second-order valence-electron chi connectivity index (χ2n) is 5.12. The molecular formula is C18H14BrNO3S. The third-order valence-electron chi connectivity index (χ3n) is 3.43. The summed E-state index contributed by atoms with van der Waals surface area (Å²) >= 11 is 4.95. The van der Waals surface area contributed by atoms with Crippen LogP contribution in [-0.4, -0.2) is 23.2 Å². The first kappa shape index (κ1) is 16.7. The van der Waals surface area contributed by atoms with Crippen LogP contribution in [-0.2, 0) is 4.79 Å². The monoisotopic (exact) mass is 403 g/mol. The summed E-state index contributed by atoms with van der Waals surface area (Å²) in [5.74, 6) is -0.153. The van der Waals surface area contributed by atoms with Crippen molar-refractivity contribution in [3.8, 4) is 5.75 Å². The number of rotatable bonds is 5. The van der Waals surface area contributed by atoms with E-state index in [2.05, 4.69) is 20.9 Å². The van der Waals surface area contributed by atoms with Gasteiger partial charge in [0.2, 0.25) is 0 Å². The van der Waals surface area contributed by atoms with Gasteiger partial charge in [0.25, 0.3) is 0 Å². The van der Waals surface area contributed by atoms with Crippen LogP contribution in [0.1, 0.15) is 17.0 Å². The summed E-state index contributed by atoms with van der Waals surface area (Å²) < 4.78 is 7.08. The molecule has 2 aromatic carbocycles. The maximum Gasteiger partial charge on any atom is 0.307 e. The summed E-state index contributed by atoms with van der Waals surface area (Å²) in [6.45, 7) is 0. The van der Waals surface area contributed by atoms with Gasteiger partial charge in [-0.15, -0.1) is 11.3 Å². The van der Waals surface area contributed by atoms with Crippen LogP contribution in [0.15, 0.2) is 46.9 Å². The van der Waals surface area contributed by atoms with Crippen LogP contribution in [0.25, 0.3) is 21.9 Å². The second kappa shape index (κ2) is 7.15. The first-order valence-electron chi connectivity index (χ1n) is 7.18. The van der Waals surface area contributed by atoms with Crippen molar-refractivity contribution in [1.82, 2.24) is 4.98 Å². The van der Waals surface area contributed by atoms with Gasteiger partial charge in [-0.05, 0) is 57.4 Å². The topological polar surface area (TPSA) is 59.4 Å². The summed E-state index contributed by atoms with van der Waals surface area (Å²) in [6.07, 6.45) is 1.78. The zero-order valence-corrected chi connectivity index (χ0v) is 15.2. The van der Waals surface area contributed by atoms with Crippen LogP contribution in [0, 0.1) is 0 Å². The first-order chi connectivity index (χ1) is 11.6. The van der Waals surface area contributed by atoms with Crippen molar-refractivity contribution in [2.75, 3.05) is 7.11 Å². The molecule has 0 aliphatic carbocycles. The largest absolute Gasteiger partial charge is 0.496 e. The minimum atomic E-state index is -0.881. The van der Waals surface area contributed by atoms with Gasteiger partial charge in [0.15, 0.2) is 0 Å². The van der Waals surface area contributed by atoms with Crippen molar-refractivity contribution >= 4 is 55.1 Å². The fourth-order valence-electron chi connectivity index (χ4n) is 2.33. The van der Waals surface area contributed by atoms with Crippen LogP contribution in [0.4, 0.5) is 0 Å². The number of hydrogen-bond donors (Lipinski definition) is 1. The Labute approximate surface area is 151 Å². The number of fused-ring (bicyclic) bond motifs is 1. The Morgan fingerprint density at radius 2 is 2.12 bits per heavy atom. The highest BCUT2D eigenvalue weighted by Crippen LogP contribution is 2.32. The summed E-state index contributed by atoms with van der Waals surface area (Å²) in [6, 6.07) is 13.4. The van der Waals surface area contributed by atoms with Crippen LogP contribution in [0.2, 0.25) is 0 Å². The third-order valence-corrected chi connectivity index (χ3v) is 5.16. The lowest BCUT2D eigenvalue weighted by Gasteiger charge is -2.05. The van der Waals surface area contributed by atoms with Crippen LogP contribution >= 0.6 is 27.3 Å². The molecule has 0 saturated heterocycles. The zero-order chi connectivity index (χ0) is 17.1. The van der Waals surface area contributed by atoms with E-state index in [1.165, 1.54) is 11.3 Å². The van der Waals surface area contributed by atoms with Crippen molar-refractivity contribution in [2.24, 2.45) is 0 Å². The molecule has 0 fully saturated rings.